The molecule has 0 fully saturated rings. The summed E-state index contributed by atoms with van der Waals surface area (Å²) in [6.45, 7) is 4.30. The Labute approximate surface area is 688 Å². The number of hydrogen-bond acceptors (Lipinski definition) is 0. The maximum absolute atomic E-state index is 15.4. The number of halogens is 41. The molecule has 13 aromatic carbocycles. The summed E-state index contributed by atoms with van der Waals surface area (Å²) in [7, 11) is -0.112. The van der Waals surface area contributed by atoms with Crippen LogP contribution in [0.1, 0.15) is 22.3 Å². The van der Waals surface area contributed by atoms with Gasteiger partial charge in [-0.15, -0.1) is 43.7 Å². The smallest absolute Gasteiger partial charge is 0.207 e. The average Bonchev–Trinajstić information content (AvgIpc) is 0.684. The molecule has 652 valence electrons. The standard InChI is InChI=1S/C33H29IS.2C24BF20/c1-24-7-17-29(18-8-24)35(30-19-9-25(2)10-20-30)31-21-13-27(14-22-31)23-26-11-15-28(16-12-26)32-5-3-4-6-33(32)34;2*26-5-1(6(27)14(35)21(42)13(5)34)25(2-7(28)15(36)22(43)16(37)8(2)29,3-9(30)17(38)23(44)18(39)10(3)31)4-11(32)19(40)24(45)20(41)12(4)33/h3-22,34H,23H2,1-2H3;;/q+2;2*-1. The van der Waals surface area contributed by atoms with Crippen molar-refractivity contribution in [2.75, 3.05) is 0 Å². The van der Waals surface area contributed by atoms with E-state index >= 15 is 70.2 Å². The van der Waals surface area contributed by atoms with Gasteiger partial charge in [0, 0.05) is 5.56 Å². The van der Waals surface area contributed by atoms with E-state index in [1.165, 1.54) is 51.6 Å². The first-order valence-electron chi connectivity index (χ1n) is 33.8. The molecule has 13 rings (SSSR count). The van der Waals surface area contributed by atoms with Gasteiger partial charge in [0.25, 0.3) is 22.6 Å². The monoisotopic (exact) mass is 1940 g/mol. The van der Waals surface area contributed by atoms with Crippen molar-refractivity contribution in [3.8, 4) is 11.1 Å². The van der Waals surface area contributed by atoms with Gasteiger partial charge in [0.1, 0.15) is 105 Å². The van der Waals surface area contributed by atoms with E-state index in [2.05, 4.69) is 158 Å². The van der Waals surface area contributed by atoms with Crippen molar-refractivity contribution in [3.05, 3.63) is 380 Å². The highest BCUT2D eigenvalue weighted by molar-refractivity contribution is 7.97. The summed E-state index contributed by atoms with van der Waals surface area (Å²) in [5.74, 6) is -143. The molecule has 0 bridgehead atoms. The second-order valence-corrected chi connectivity index (χ2v) is 29.8. The van der Waals surface area contributed by atoms with Gasteiger partial charge >= 0.3 is 0 Å². The first-order valence-corrected chi connectivity index (χ1v) is 36.1. The molecule has 0 aliphatic heterocycles. The predicted molar refractivity (Wildman–Crippen MR) is 364 cm³/mol. The van der Waals surface area contributed by atoms with Gasteiger partial charge in [-0.3, -0.25) is 0 Å². The van der Waals surface area contributed by atoms with Crippen LogP contribution in [0, 0.1) is 250 Å². The van der Waals surface area contributed by atoms with E-state index in [0.29, 0.717) is 0 Å². The fourth-order valence-corrected chi connectivity index (χ4v) is 16.8. The van der Waals surface area contributed by atoms with Crippen molar-refractivity contribution in [1.29, 1.82) is 0 Å². The Morgan fingerprint density at radius 3 is 0.520 bits per heavy atom. The van der Waals surface area contributed by atoms with E-state index < -0.39 is 289 Å². The van der Waals surface area contributed by atoms with E-state index in [1.807, 2.05) is 0 Å². The van der Waals surface area contributed by atoms with Crippen molar-refractivity contribution in [2.24, 2.45) is 0 Å². The zero-order valence-electron chi connectivity index (χ0n) is 60.3. The third-order valence-corrected chi connectivity index (χ3v) is 22.9. The Balaban J connectivity index is 0.000000184. The minimum absolute atomic E-state index is 0.112. The van der Waals surface area contributed by atoms with Crippen LogP contribution in [0.2, 0.25) is 0 Å². The summed E-state index contributed by atoms with van der Waals surface area (Å²) in [5, 5.41) is 0. The lowest BCUT2D eigenvalue weighted by Gasteiger charge is -2.44. The third kappa shape index (κ3) is 15.2. The lowest BCUT2D eigenvalue weighted by molar-refractivity contribution is -0.326. The SMILES string of the molecule is Cc1ccc([S+](c2ccc(C)cc2)c2ccc(Cc3ccc(-c4ccccc4[IH+])cc3)cc2)cc1.Fc1c(F)c(F)c([B-](c2c(F)c(F)c(F)c(F)c2F)(c2c(F)c(F)c(F)c(F)c2F)c2c(F)c(F)c(F)c(F)c2F)c(F)c1F.Fc1c(F)c(F)c([B-](c2c(F)c(F)c(F)c(F)c2F)(c2c(F)c(F)c(F)c(F)c2F)c2c(F)c(F)c(F)c(F)c2F)c(F)c1F. The maximum Gasteiger partial charge on any atom is 0.297 e. The minimum Gasteiger partial charge on any atom is -0.207 e. The first-order chi connectivity index (χ1) is 58.5. The molecule has 0 aliphatic carbocycles. The van der Waals surface area contributed by atoms with Crippen molar-refractivity contribution >= 4 is 66.9 Å². The highest BCUT2D eigenvalue weighted by Crippen LogP contribution is 2.37. The van der Waals surface area contributed by atoms with Crippen molar-refractivity contribution in [1.82, 2.24) is 0 Å². The molecule has 0 nitrogen and oxygen atoms in total. The van der Waals surface area contributed by atoms with E-state index in [4.69, 9.17) is 0 Å². The number of hydrogen-bond donors (Lipinski definition) is 0. The van der Waals surface area contributed by atoms with Crippen LogP contribution in [0.15, 0.2) is 136 Å². The van der Waals surface area contributed by atoms with Gasteiger partial charge in [-0.2, -0.15) is 0 Å². The molecule has 44 heteroatoms. The predicted octanol–water partition coefficient (Wildman–Crippen LogP) is 16.8. The van der Waals surface area contributed by atoms with E-state index in [9.17, 15) is 105 Å². The fourth-order valence-electron chi connectivity index (χ4n) is 14.0. The van der Waals surface area contributed by atoms with Crippen molar-refractivity contribution < 1.29 is 198 Å². The highest BCUT2D eigenvalue weighted by atomic mass is 127. The molecular formula is C81H29B2F40IS. The second kappa shape index (κ2) is 35.4. The van der Waals surface area contributed by atoms with Crippen molar-refractivity contribution in [2.45, 2.75) is 35.0 Å². The fraction of sp³-hybridized carbons (Fsp3) is 0.0370. The molecule has 0 N–H and O–H groups in total. The molecule has 0 amide bonds. The van der Waals surface area contributed by atoms with Crippen LogP contribution in [-0.2, 0) is 17.3 Å². The Kier molecular flexibility index (Phi) is 26.6. The molecule has 13 aromatic rings. The molecule has 125 heavy (non-hydrogen) atoms. The van der Waals surface area contributed by atoms with Gasteiger partial charge < -0.3 is 0 Å². The maximum atomic E-state index is 15.4. The molecule has 0 atom stereocenters. The summed E-state index contributed by atoms with van der Waals surface area (Å²) in [5.41, 5.74) is -20.8. The molecule has 0 spiro atoms. The lowest BCUT2D eigenvalue weighted by Crippen LogP contribution is -3.34. The normalized spacial score (nSPS) is 11.7. The lowest BCUT2D eigenvalue weighted by atomic mass is 9.12. The number of aryl methyl sites for hydroxylation is 2. The van der Waals surface area contributed by atoms with Crippen LogP contribution >= 0.6 is 0 Å². The number of rotatable bonds is 14. The van der Waals surface area contributed by atoms with Crippen molar-refractivity contribution in [3.63, 3.8) is 0 Å². The minimum atomic E-state index is -7.22. The second-order valence-electron chi connectivity index (χ2n) is 26.5. The van der Waals surface area contributed by atoms with Crippen LogP contribution in [0.25, 0.3) is 11.1 Å². The summed E-state index contributed by atoms with van der Waals surface area (Å²) in [6, 6.07) is 44.9. The zero-order valence-corrected chi connectivity index (χ0v) is 63.5. The van der Waals surface area contributed by atoms with Gasteiger partial charge in [-0.1, -0.05) is 83.9 Å². The molecule has 0 unspecified atom stereocenters. The first kappa shape index (κ1) is 94.0. The van der Waals surface area contributed by atoms with Gasteiger partial charge in [-0.25, -0.2) is 176 Å². The van der Waals surface area contributed by atoms with Crippen LogP contribution in [0.3, 0.4) is 0 Å². The average molecular weight is 1940 g/mol. The summed E-state index contributed by atoms with van der Waals surface area (Å²) in [6.07, 6.45) is -13.5. The van der Waals surface area contributed by atoms with Crippen LogP contribution in [0.4, 0.5) is 176 Å². The quantitative estimate of drug-likeness (QED) is 0.0254. The molecule has 0 radical (unpaired) electrons. The Morgan fingerprint density at radius 1 is 0.192 bits per heavy atom. The van der Waals surface area contributed by atoms with E-state index in [-0.39, 0.29) is 10.9 Å². The number of benzene rings is 13. The summed E-state index contributed by atoms with van der Waals surface area (Å²) < 4.78 is 589. The topological polar surface area (TPSA) is 0 Å². The molecule has 0 saturated carbocycles. The summed E-state index contributed by atoms with van der Waals surface area (Å²) >= 11 is 2.09. The third-order valence-electron chi connectivity index (χ3n) is 19.6. The zero-order chi connectivity index (χ0) is 92.9. The molecule has 0 aromatic heterocycles. The molecule has 0 saturated heterocycles. The Morgan fingerprint density at radius 2 is 0.344 bits per heavy atom. The van der Waals surface area contributed by atoms with E-state index in [1.54, 1.807) is 0 Å². The molecular weight excluding hydrogens is 1910 g/mol. The Bertz CT molecular complexity index is 5480. The van der Waals surface area contributed by atoms with Crippen LogP contribution < -0.4 is 66.3 Å². The van der Waals surface area contributed by atoms with E-state index in [0.717, 1.165) is 6.42 Å². The van der Waals surface area contributed by atoms with Crippen LogP contribution in [0.5, 0.6) is 0 Å². The van der Waals surface area contributed by atoms with Gasteiger partial charge in [0.15, 0.2) is 158 Å². The molecule has 0 aliphatic rings. The van der Waals surface area contributed by atoms with Gasteiger partial charge in [0.2, 0.25) is 0 Å². The largest absolute Gasteiger partial charge is 0.297 e. The highest BCUT2D eigenvalue weighted by Gasteiger charge is 2.55. The summed E-state index contributed by atoms with van der Waals surface area (Å²) in [4.78, 5) is 4.08. The van der Waals surface area contributed by atoms with Crippen LogP contribution in [-0.4, -0.2) is 12.3 Å². The molecule has 0 heterocycles. The Hall–Kier alpha value is -11.7. The van der Waals surface area contributed by atoms with Gasteiger partial charge in [-0.05, 0) is 85.5 Å². The van der Waals surface area contributed by atoms with Gasteiger partial charge in [0.05, 0.1) is 10.9 Å².